The fourth-order valence-electron chi connectivity index (χ4n) is 1.57. The Labute approximate surface area is 72.2 Å². The molecular weight excluding hydrogens is 150 g/mol. The van der Waals surface area contributed by atoms with Crippen molar-refractivity contribution in [2.45, 2.75) is 13.0 Å². The lowest BCUT2D eigenvalue weighted by Crippen LogP contribution is -2.27. The topological polar surface area (TPSA) is 42.2 Å². The van der Waals surface area contributed by atoms with E-state index in [0.29, 0.717) is 5.82 Å². The molecule has 0 atom stereocenters. The van der Waals surface area contributed by atoms with Crippen LogP contribution in [0, 0.1) is 0 Å². The Morgan fingerprint density at radius 1 is 1.50 bits per heavy atom. The van der Waals surface area contributed by atoms with Crippen molar-refractivity contribution in [2.24, 2.45) is 0 Å². The number of nitrogens with zero attached hydrogens (tertiary/aromatic N) is 2. The normalized spacial score (nSPS) is 17.4. The molecule has 1 aliphatic heterocycles. The Morgan fingerprint density at radius 3 is 3.17 bits per heavy atom. The molecule has 0 fully saturated rings. The predicted octanol–water partition coefficient (Wildman–Crippen LogP) is 0.652. The molecule has 0 spiro atoms. The van der Waals surface area contributed by atoms with E-state index in [0.717, 1.165) is 19.5 Å². The summed E-state index contributed by atoms with van der Waals surface area (Å²) in [6.07, 6.45) is 1.02. The van der Waals surface area contributed by atoms with Gasteiger partial charge in [-0.25, -0.2) is 4.98 Å². The summed E-state index contributed by atoms with van der Waals surface area (Å²) in [7, 11) is 2.12. The molecule has 0 bridgehead atoms. The van der Waals surface area contributed by atoms with Crippen LogP contribution < -0.4 is 5.73 Å². The molecule has 1 aromatic heterocycles. The van der Waals surface area contributed by atoms with Crippen LogP contribution in [0.4, 0.5) is 5.82 Å². The Hall–Kier alpha value is -1.09. The SMILES string of the molecule is CN1CCc2nc(N)ccc2C1. The molecule has 3 nitrogen and oxygen atoms in total. The highest BCUT2D eigenvalue weighted by molar-refractivity contribution is 5.35. The van der Waals surface area contributed by atoms with Crippen LogP contribution in [-0.2, 0) is 13.0 Å². The van der Waals surface area contributed by atoms with Gasteiger partial charge in [0.2, 0.25) is 0 Å². The van der Waals surface area contributed by atoms with Gasteiger partial charge in [0.05, 0.1) is 0 Å². The van der Waals surface area contributed by atoms with Gasteiger partial charge in [-0.15, -0.1) is 0 Å². The highest BCUT2D eigenvalue weighted by Crippen LogP contribution is 2.16. The second-order valence-electron chi connectivity index (χ2n) is 3.33. The number of hydrogen-bond acceptors (Lipinski definition) is 3. The van der Waals surface area contributed by atoms with Crippen molar-refractivity contribution in [1.82, 2.24) is 9.88 Å². The third kappa shape index (κ3) is 1.28. The van der Waals surface area contributed by atoms with E-state index < -0.39 is 0 Å². The van der Waals surface area contributed by atoms with Gasteiger partial charge in [0.25, 0.3) is 0 Å². The zero-order valence-corrected chi connectivity index (χ0v) is 7.25. The number of nitrogens with two attached hydrogens (primary N) is 1. The van der Waals surface area contributed by atoms with Crippen molar-refractivity contribution in [3.05, 3.63) is 23.4 Å². The zero-order chi connectivity index (χ0) is 8.55. The summed E-state index contributed by atoms with van der Waals surface area (Å²) in [6.45, 7) is 2.09. The Bertz CT molecular complexity index is 296. The highest BCUT2D eigenvalue weighted by Gasteiger charge is 2.13. The summed E-state index contributed by atoms with van der Waals surface area (Å²) in [5, 5.41) is 0. The third-order valence-corrected chi connectivity index (χ3v) is 2.26. The monoisotopic (exact) mass is 163 g/mol. The Kier molecular flexibility index (Phi) is 1.73. The fourth-order valence-corrected chi connectivity index (χ4v) is 1.57. The van der Waals surface area contributed by atoms with Crippen LogP contribution in [-0.4, -0.2) is 23.5 Å². The lowest BCUT2D eigenvalue weighted by Gasteiger charge is -2.23. The lowest BCUT2D eigenvalue weighted by molar-refractivity contribution is 0.310. The van der Waals surface area contributed by atoms with Gasteiger partial charge in [0.15, 0.2) is 0 Å². The second kappa shape index (κ2) is 2.75. The van der Waals surface area contributed by atoms with Crippen LogP contribution in [0.5, 0.6) is 0 Å². The van der Waals surface area contributed by atoms with Crippen molar-refractivity contribution in [1.29, 1.82) is 0 Å². The molecule has 0 radical (unpaired) electrons. The van der Waals surface area contributed by atoms with Crippen LogP contribution in [0.3, 0.4) is 0 Å². The quantitative estimate of drug-likeness (QED) is 0.610. The first-order valence-corrected chi connectivity index (χ1v) is 4.18. The van der Waals surface area contributed by atoms with Crippen molar-refractivity contribution in [2.75, 3.05) is 19.3 Å². The van der Waals surface area contributed by atoms with Crippen LogP contribution in [0.2, 0.25) is 0 Å². The van der Waals surface area contributed by atoms with Gasteiger partial charge in [0.1, 0.15) is 5.82 Å². The largest absolute Gasteiger partial charge is 0.384 e. The average molecular weight is 163 g/mol. The van der Waals surface area contributed by atoms with Gasteiger partial charge in [-0.3, -0.25) is 0 Å². The standard InChI is InChI=1S/C9H13N3/c1-12-5-4-8-7(6-12)2-3-9(10)11-8/h2-3H,4-6H2,1H3,(H2,10,11). The molecule has 64 valence electrons. The van der Waals surface area contributed by atoms with E-state index in [1.165, 1.54) is 11.3 Å². The van der Waals surface area contributed by atoms with Gasteiger partial charge in [-0.05, 0) is 18.7 Å². The predicted molar refractivity (Wildman–Crippen MR) is 48.7 cm³/mol. The van der Waals surface area contributed by atoms with E-state index in [4.69, 9.17) is 5.73 Å². The van der Waals surface area contributed by atoms with Crippen molar-refractivity contribution in [3.63, 3.8) is 0 Å². The Balaban J connectivity index is 2.37. The van der Waals surface area contributed by atoms with E-state index in [2.05, 4.69) is 23.0 Å². The van der Waals surface area contributed by atoms with Crippen LogP contribution >= 0.6 is 0 Å². The van der Waals surface area contributed by atoms with E-state index in [-0.39, 0.29) is 0 Å². The van der Waals surface area contributed by atoms with Gasteiger partial charge < -0.3 is 10.6 Å². The Morgan fingerprint density at radius 2 is 2.33 bits per heavy atom. The maximum Gasteiger partial charge on any atom is 0.123 e. The number of fused-ring (bicyclic) bond motifs is 1. The summed E-state index contributed by atoms with van der Waals surface area (Å²) >= 11 is 0. The summed E-state index contributed by atoms with van der Waals surface area (Å²) in [4.78, 5) is 6.59. The van der Waals surface area contributed by atoms with Crippen molar-refractivity contribution < 1.29 is 0 Å². The van der Waals surface area contributed by atoms with Gasteiger partial charge in [0, 0.05) is 25.2 Å². The fraction of sp³-hybridized carbons (Fsp3) is 0.444. The minimum atomic E-state index is 0.637. The minimum absolute atomic E-state index is 0.637. The maximum absolute atomic E-state index is 5.59. The van der Waals surface area contributed by atoms with Gasteiger partial charge in [-0.1, -0.05) is 6.07 Å². The number of likely N-dealkylation sites (N-methyl/N-ethyl adjacent to an activating group) is 1. The van der Waals surface area contributed by atoms with E-state index in [1.54, 1.807) is 0 Å². The molecule has 0 saturated heterocycles. The first-order chi connectivity index (χ1) is 5.75. The van der Waals surface area contributed by atoms with E-state index >= 15 is 0 Å². The number of pyridine rings is 1. The number of hydrogen-bond donors (Lipinski definition) is 1. The van der Waals surface area contributed by atoms with Crippen LogP contribution in [0.1, 0.15) is 11.3 Å². The molecule has 1 aromatic rings. The molecule has 1 aliphatic rings. The molecule has 0 unspecified atom stereocenters. The van der Waals surface area contributed by atoms with Crippen LogP contribution in [0.25, 0.3) is 0 Å². The molecule has 0 saturated carbocycles. The van der Waals surface area contributed by atoms with Crippen molar-refractivity contribution >= 4 is 5.82 Å². The van der Waals surface area contributed by atoms with Gasteiger partial charge >= 0.3 is 0 Å². The smallest absolute Gasteiger partial charge is 0.123 e. The van der Waals surface area contributed by atoms with Gasteiger partial charge in [-0.2, -0.15) is 0 Å². The molecule has 2 rings (SSSR count). The molecule has 2 N–H and O–H groups in total. The maximum atomic E-state index is 5.59. The molecule has 0 aliphatic carbocycles. The number of rotatable bonds is 0. The molecule has 2 heterocycles. The number of nitrogen functional groups attached to an aromatic ring is 1. The molecule has 12 heavy (non-hydrogen) atoms. The summed E-state index contributed by atoms with van der Waals surface area (Å²) in [6, 6.07) is 3.95. The molecular formula is C9H13N3. The first kappa shape index (κ1) is 7.55. The third-order valence-electron chi connectivity index (χ3n) is 2.26. The number of anilines is 1. The minimum Gasteiger partial charge on any atom is -0.384 e. The van der Waals surface area contributed by atoms with E-state index in [9.17, 15) is 0 Å². The van der Waals surface area contributed by atoms with Crippen LogP contribution in [0.15, 0.2) is 12.1 Å². The summed E-state index contributed by atoms with van der Waals surface area (Å²) in [5.74, 6) is 0.637. The summed E-state index contributed by atoms with van der Waals surface area (Å²) in [5.41, 5.74) is 8.08. The number of aromatic nitrogens is 1. The summed E-state index contributed by atoms with van der Waals surface area (Å²) < 4.78 is 0. The average Bonchev–Trinajstić information content (AvgIpc) is 2.05. The molecule has 3 heteroatoms. The molecule has 0 aromatic carbocycles. The first-order valence-electron chi connectivity index (χ1n) is 4.18. The lowest BCUT2D eigenvalue weighted by atomic mass is 10.1. The van der Waals surface area contributed by atoms with E-state index in [1.807, 2.05) is 6.07 Å². The highest BCUT2D eigenvalue weighted by atomic mass is 15.1. The second-order valence-corrected chi connectivity index (χ2v) is 3.33. The molecule has 0 amide bonds. The zero-order valence-electron chi connectivity index (χ0n) is 7.25. The van der Waals surface area contributed by atoms with Crippen molar-refractivity contribution in [3.8, 4) is 0 Å².